The number of rotatable bonds is 3. The molecule has 4 heteroatoms. The Kier molecular flexibility index (Phi) is 5.00. The number of carbonyl (C=O) groups excluding carboxylic acids is 1. The number of amides is 1. The zero-order valence-electron chi connectivity index (χ0n) is 11.8. The Morgan fingerprint density at radius 3 is 2.60 bits per heavy atom. The first-order valence-electron chi connectivity index (χ1n) is 7.14. The lowest BCUT2D eigenvalue weighted by Gasteiger charge is -2.16. The van der Waals surface area contributed by atoms with Crippen molar-refractivity contribution in [2.24, 2.45) is 5.92 Å². The summed E-state index contributed by atoms with van der Waals surface area (Å²) in [6.45, 7) is 0. The van der Waals surface area contributed by atoms with Gasteiger partial charge in [0.25, 0.3) is 0 Å². The lowest BCUT2D eigenvalue weighted by Crippen LogP contribution is -2.23. The van der Waals surface area contributed by atoms with Crippen LogP contribution in [0.1, 0.15) is 44.1 Å². The lowest BCUT2D eigenvalue weighted by atomic mass is 9.99. The third-order valence-corrected chi connectivity index (χ3v) is 3.84. The first kappa shape index (κ1) is 14.4. The van der Waals surface area contributed by atoms with Crippen molar-refractivity contribution < 1.29 is 9.53 Å². The van der Waals surface area contributed by atoms with Crippen LogP contribution in [0.4, 0.5) is 5.69 Å². The maximum atomic E-state index is 12.4. The highest BCUT2D eigenvalue weighted by Gasteiger charge is 2.22. The van der Waals surface area contributed by atoms with Gasteiger partial charge in [0.1, 0.15) is 17.5 Å². The molecule has 4 nitrogen and oxygen atoms in total. The van der Waals surface area contributed by atoms with E-state index in [1.807, 2.05) is 0 Å². The smallest absolute Gasteiger partial charge is 0.227 e. The number of nitrogens with one attached hydrogen (secondary N) is 1. The van der Waals surface area contributed by atoms with E-state index in [-0.39, 0.29) is 11.8 Å². The Balaban J connectivity index is 2.16. The van der Waals surface area contributed by atoms with Crippen molar-refractivity contribution in [3.63, 3.8) is 0 Å². The highest BCUT2D eigenvalue weighted by molar-refractivity contribution is 5.95. The summed E-state index contributed by atoms with van der Waals surface area (Å²) in [5, 5.41) is 12.0. The van der Waals surface area contributed by atoms with Crippen LogP contribution in [0.3, 0.4) is 0 Å². The first-order chi connectivity index (χ1) is 9.76. The molecule has 1 aliphatic carbocycles. The Morgan fingerprint density at radius 2 is 2.00 bits per heavy atom. The van der Waals surface area contributed by atoms with E-state index < -0.39 is 0 Å². The highest BCUT2D eigenvalue weighted by Crippen LogP contribution is 2.30. The van der Waals surface area contributed by atoms with Crippen LogP contribution in [0.15, 0.2) is 18.2 Å². The Hall–Kier alpha value is -2.02. The van der Waals surface area contributed by atoms with Crippen molar-refractivity contribution in [2.75, 3.05) is 12.4 Å². The van der Waals surface area contributed by atoms with Crippen LogP contribution in [-0.2, 0) is 4.79 Å². The third kappa shape index (κ3) is 3.30. The second kappa shape index (κ2) is 6.95. The molecule has 0 spiro atoms. The zero-order chi connectivity index (χ0) is 14.4. The van der Waals surface area contributed by atoms with Gasteiger partial charge >= 0.3 is 0 Å². The standard InChI is InChI=1S/C16H20N2O2/c1-20-14-10-6-9-13(11-17)15(14)18-16(19)12-7-4-2-3-5-8-12/h6,9-10,12H,2-5,7-8H2,1H3,(H,18,19). The summed E-state index contributed by atoms with van der Waals surface area (Å²) in [5.41, 5.74) is 0.929. The summed E-state index contributed by atoms with van der Waals surface area (Å²) in [7, 11) is 1.54. The number of hydrogen-bond donors (Lipinski definition) is 1. The number of methoxy groups -OCH3 is 1. The number of nitrogens with zero attached hydrogens (tertiary/aromatic N) is 1. The maximum absolute atomic E-state index is 12.4. The summed E-state index contributed by atoms with van der Waals surface area (Å²) in [6, 6.07) is 7.28. The second-order valence-corrected chi connectivity index (χ2v) is 5.17. The van der Waals surface area contributed by atoms with Gasteiger partial charge in [-0.25, -0.2) is 0 Å². The molecular formula is C16H20N2O2. The molecule has 0 aliphatic heterocycles. The van der Waals surface area contributed by atoms with E-state index in [1.54, 1.807) is 18.2 Å². The van der Waals surface area contributed by atoms with Gasteiger partial charge in [0, 0.05) is 5.92 Å². The number of nitriles is 1. The molecule has 1 N–H and O–H groups in total. The molecule has 0 saturated heterocycles. The van der Waals surface area contributed by atoms with E-state index in [0.717, 1.165) is 25.7 Å². The maximum Gasteiger partial charge on any atom is 0.227 e. The van der Waals surface area contributed by atoms with Gasteiger partial charge in [0.2, 0.25) is 5.91 Å². The number of para-hydroxylation sites is 1. The molecule has 1 saturated carbocycles. The van der Waals surface area contributed by atoms with Gasteiger partial charge in [0.05, 0.1) is 12.7 Å². The molecular weight excluding hydrogens is 252 g/mol. The molecule has 0 atom stereocenters. The summed E-state index contributed by atoms with van der Waals surface area (Å²) in [5.74, 6) is 0.591. The van der Waals surface area contributed by atoms with Crippen molar-refractivity contribution in [3.8, 4) is 11.8 Å². The fourth-order valence-corrected chi connectivity index (χ4v) is 2.69. The molecule has 1 aromatic carbocycles. The minimum atomic E-state index is 0.00731. The number of benzene rings is 1. The molecule has 20 heavy (non-hydrogen) atoms. The minimum Gasteiger partial charge on any atom is -0.495 e. The fraction of sp³-hybridized carbons (Fsp3) is 0.500. The van der Waals surface area contributed by atoms with E-state index in [9.17, 15) is 4.79 Å². The summed E-state index contributed by atoms with van der Waals surface area (Å²) in [6.07, 6.45) is 6.50. The topological polar surface area (TPSA) is 62.1 Å². The van der Waals surface area contributed by atoms with Crippen molar-refractivity contribution in [1.82, 2.24) is 0 Å². The van der Waals surface area contributed by atoms with E-state index in [4.69, 9.17) is 10.00 Å². The highest BCUT2D eigenvalue weighted by atomic mass is 16.5. The Morgan fingerprint density at radius 1 is 1.30 bits per heavy atom. The fourth-order valence-electron chi connectivity index (χ4n) is 2.69. The van der Waals surface area contributed by atoms with Crippen molar-refractivity contribution >= 4 is 11.6 Å². The van der Waals surface area contributed by atoms with Gasteiger partial charge in [-0.15, -0.1) is 0 Å². The predicted octanol–water partition coefficient (Wildman–Crippen LogP) is 3.48. The van der Waals surface area contributed by atoms with Crippen LogP contribution in [0.5, 0.6) is 5.75 Å². The van der Waals surface area contributed by atoms with Crippen molar-refractivity contribution in [3.05, 3.63) is 23.8 Å². The van der Waals surface area contributed by atoms with Crippen LogP contribution in [0, 0.1) is 17.2 Å². The van der Waals surface area contributed by atoms with E-state index in [2.05, 4.69) is 11.4 Å². The van der Waals surface area contributed by atoms with Crippen LogP contribution in [-0.4, -0.2) is 13.0 Å². The predicted molar refractivity (Wildman–Crippen MR) is 77.5 cm³/mol. The van der Waals surface area contributed by atoms with Crippen LogP contribution in [0.2, 0.25) is 0 Å². The van der Waals surface area contributed by atoms with E-state index in [0.29, 0.717) is 17.0 Å². The van der Waals surface area contributed by atoms with E-state index in [1.165, 1.54) is 20.0 Å². The monoisotopic (exact) mass is 272 g/mol. The summed E-state index contributed by atoms with van der Waals surface area (Å²) >= 11 is 0. The molecule has 1 fully saturated rings. The normalized spacial score (nSPS) is 16.0. The molecule has 0 aromatic heterocycles. The second-order valence-electron chi connectivity index (χ2n) is 5.17. The van der Waals surface area contributed by atoms with Gasteiger partial charge in [-0.2, -0.15) is 5.26 Å². The SMILES string of the molecule is COc1cccc(C#N)c1NC(=O)C1CCCCCC1. The Bertz CT molecular complexity index is 512. The Labute approximate surface area is 119 Å². The number of carbonyl (C=O) groups is 1. The molecule has 1 aromatic rings. The molecule has 0 bridgehead atoms. The van der Waals surface area contributed by atoms with Crippen LogP contribution >= 0.6 is 0 Å². The van der Waals surface area contributed by atoms with Crippen LogP contribution < -0.4 is 10.1 Å². The molecule has 106 valence electrons. The molecule has 0 unspecified atom stereocenters. The molecule has 2 rings (SSSR count). The van der Waals surface area contributed by atoms with E-state index >= 15 is 0 Å². The van der Waals surface area contributed by atoms with Gasteiger partial charge in [-0.05, 0) is 25.0 Å². The number of anilines is 1. The van der Waals surface area contributed by atoms with Gasteiger partial charge in [-0.1, -0.05) is 31.7 Å². The third-order valence-electron chi connectivity index (χ3n) is 3.84. The molecule has 0 radical (unpaired) electrons. The first-order valence-corrected chi connectivity index (χ1v) is 7.14. The summed E-state index contributed by atoms with van der Waals surface area (Å²) < 4.78 is 5.23. The number of ether oxygens (including phenoxy) is 1. The molecule has 0 heterocycles. The average Bonchev–Trinajstić information content (AvgIpc) is 2.76. The van der Waals surface area contributed by atoms with Crippen molar-refractivity contribution in [2.45, 2.75) is 38.5 Å². The lowest BCUT2D eigenvalue weighted by molar-refractivity contribution is -0.120. The zero-order valence-corrected chi connectivity index (χ0v) is 11.8. The van der Waals surface area contributed by atoms with Gasteiger partial charge in [0.15, 0.2) is 0 Å². The van der Waals surface area contributed by atoms with Crippen molar-refractivity contribution in [1.29, 1.82) is 5.26 Å². The minimum absolute atomic E-state index is 0.00731. The average molecular weight is 272 g/mol. The van der Waals surface area contributed by atoms with Crippen LogP contribution in [0.25, 0.3) is 0 Å². The largest absolute Gasteiger partial charge is 0.495 e. The molecule has 1 amide bonds. The van der Waals surface area contributed by atoms with Gasteiger partial charge < -0.3 is 10.1 Å². The molecule has 1 aliphatic rings. The summed E-state index contributed by atoms with van der Waals surface area (Å²) in [4.78, 5) is 12.4. The van der Waals surface area contributed by atoms with Gasteiger partial charge in [-0.3, -0.25) is 4.79 Å². The number of hydrogen-bond acceptors (Lipinski definition) is 3. The quantitative estimate of drug-likeness (QED) is 0.857.